The van der Waals surface area contributed by atoms with Gasteiger partial charge in [0.2, 0.25) is 0 Å². The molecule has 0 aromatic heterocycles. The van der Waals surface area contributed by atoms with E-state index in [2.05, 4.69) is 15.9 Å². The summed E-state index contributed by atoms with van der Waals surface area (Å²) in [7, 11) is 0. The smallest absolute Gasteiger partial charge is 0.338 e. The van der Waals surface area contributed by atoms with Crippen LogP contribution >= 0.6 is 15.9 Å². The maximum absolute atomic E-state index is 13.6. The minimum atomic E-state index is -0.666. The van der Waals surface area contributed by atoms with E-state index < -0.39 is 16.7 Å². The predicted octanol–water partition coefficient (Wildman–Crippen LogP) is 4.16. The zero-order valence-corrected chi connectivity index (χ0v) is 13.1. The lowest BCUT2D eigenvalue weighted by Crippen LogP contribution is -2.07. The van der Waals surface area contributed by atoms with Crippen LogP contribution in [0.3, 0.4) is 0 Å². The van der Waals surface area contributed by atoms with Gasteiger partial charge in [0.25, 0.3) is 5.69 Å². The summed E-state index contributed by atoms with van der Waals surface area (Å²) in [6, 6.07) is 8.35. The number of hydrogen-bond donors (Lipinski definition) is 0. The van der Waals surface area contributed by atoms with E-state index in [1.807, 2.05) is 0 Å². The number of hydrogen-bond acceptors (Lipinski definition) is 4. The van der Waals surface area contributed by atoms with Crippen molar-refractivity contribution in [2.24, 2.45) is 0 Å². The van der Waals surface area contributed by atoms with Crippen molar-refractivity contribution in [3.8, 4) is 0 Å². The third-order valence-electron chi connectivity index (χ3n) is 3.00. The Kier molecular flexibility index (Phi) is 4.87. The molecule has 0 aliphatic carbocycles. The molecule has 2 rings (SSSR count). The highest BCUT2D eigenvalue weighted by Gasteiger charge is 2.15. The molecular formula is C15H11BrFNO4. The van der Waals surface area contributed by atoms with E-state index in [-0.39, 0.29) is 23.4 Å². The Morgan fingerprint density at radius 3 is 2.64 bits per heavy atom. The molecule has 0 unspecified atom stereocenters. The number of esters is 1. The lowest BCUT2D eigenvalue weighted by atomic mass is 10.1. The van der Waals surface area contributed by atoms with Gasteiger partial charge in [0.1, 0.15) is 12.4 Å². The molecule has 2 aromatic carbocycles. The van der Waals surface area contributed by atoms with Crippen molar-refractivity contribution >= 4 is 27.6 Å². The first-order chi connectivity index (χ1) is 10.4. The third-order valence-corrected chi connectivity index (χ3v) is 3.50. The molecule has 0 amide bonds. The minimum absolute atomic E-state index is 0.0736. The summed E-state index contributed by atoms with van der Waals surface area (Å²) < 4.78 is 19.2. The Balaban J connectivity index is 2.09. The molecular weight excluding hydrogens is 357 g/mol. The Morgan fingerprint density at radius 2 is 2.05 bits per heavy atom. The largest absolute Gasteiger partial charge is 0.457 e. The van der Waals surface area contributed by atoms with Gasteiger partial charge in [-0.3, -0.25) is 10.1 Å². The third kappa shape index (κ3) is 3.67. The summed E-state index contributed by atoms with van der Waals surface area (Å²) >= 11 is 3.14. The maximum Gasteiger partial charge on any atom is 0.338 e. The Labute approximate surface area is 134 Å². The van der Waals surface area contributed by atoms with E-state index in [1.165, 1.54) is 37.3 Å². The zero-order chi connectivity index (χ0) is 16.3. The second kappa shape index (κ2) is 6.65. The van der Waals surface area contributed by atoms with Crippen molar-refractivity contribution in [2.45, 2.75) is 13.5 Å². The van der Waals surface area contributed by atoms with Gasteiger partial charge in [-0.1, -0.05) is 22.0 Å². The number of carbonyl (C=O) groups excluding carboxylic acids is 1. The highest BCUT2D eigenvalue weighted by atomic mass is 79.9. The first-order valence-electron chi connectivity index (χ1n) is 6.24. The van der Waals surface area contributed by atoms with Gasteiger partial charge in [-0.15, -0.1) is 0 Å². The van der Waals surface area contributed by atoms with Gasteiger partial charge in [0.05, 0.1) is 10.5 Å². The van der Waals surface area contributed by atoms with Crippen molar-refractivity contribution in [1.82, 2.24) is 0 Å². The first-order valence-corrected chi connectivity index (χ1v) is 7.04. The van der Waals surface area contributed by atoms with Gasteiger partial charge < -0.3 is 4.74 Å². The van der Waals surface area contributed by atoms with Crippen LogP contribution in [0.1, 0.15) is 21.5 Å². The summed E-state index contributed by atoms with van der Waals surface area (Å²) in [6.07, 6.45) is 0. The van der Waals surface area contributed by atoms with Crippen LogP contribution < -0.4 is 0 Å². The molecule has 0 aliphatic rings. The van der Waals surface area contributed by atoms with Crippen LogP contribution in [0.4, 0.5) is 10.1 Å². The number of nitro benzene ring substituents is 1. The highest BCUT2D eigenvalue weighted by molar-refractivity contribution is 9.10. The van der Waals surface area contributed by atoms with Gasteiger partial charge in [-0.25, -0.2) is 9.18 Å². The molecule has 22 heavy (non-hydrogen) atoms. The fourth-order valence-electron chi connectivity index (χ4n) is 1.85. The number of nitrogens with zero attached hydrogens (tertiary/aromatic N) is 1. The fourth-order valence-corrected chi connectivity index (χ4v) is 2.19. The summed E-state index contributed by atoms with van der Waals surface area (Å²) in [5, 5.41) is 10.7. The standard InChI is InChI=1S/C15H11BrFNO4/c1-9-6-10(3-5-14(9)18(20)21)15(19)22-8-11-2-4-12(16)7-13(11)17/h2-7H,8H2,1H3. The van der Waals surface area contributed by atoms with Crippen molar-refractivity contribution in [3.05, 3.63) is 73.5 Å². The highest BCUT2D eigenvalue weighted by Crippen LogP contribution is 2.20. The fraction of sp³-hybridized carbons (Fsp3) is 0.133. The monoisotopic (exact) mass is 367 g/mol. The van der Waals surface area contributed by atoms with E-state index in [0.29, 0.717) is 10.0 Å². The van der Waals surface area contributed by atoms with Gasteiger partial charge in [0.15, 0.2) is 0 Å². The van der Waals surface area contributed by atoms with E-state index in [0.717, 1.165) is 0 Å². The van der Waals surface area contributed by atoms with E-state index in [1.54, 1.807) is 6.07 Å². The van der Waals surface area contributed by atoms with E-state index >= 15 is 0 Å². The van der Waals surface area contributed by atoms with Gasteiger partial charge in [0, 0.05) is 21.7 Å². The molecule has 0 saturated heterocycles. The topological polar surface area (TPSA) is 69.4 Å². The summed E-state index contributed by atoms with van der Waals surface area (Å²) in [4.78, 5) is 22.1. The second-order valence-corrected chi connectivity index (χ2v) is 5.49. The molecule has 0 aliphatic heterocycles. The van der Waals surface area contributed by atoms with Crippen molar-refractivity contribution in [1.29, 1.82) is 0 Å². The maximum atomic E-state index is 13.6. The number of carbonyl (C=O) groups is 1. The van der Waals surface area contributed by atoms with E-state index in [9.17, 15) is 19.3 Å². The van der Waals surface area contributed by atoms with Crippen molar-refractivity contribution < 1.29 is 18.8 Å². The molecule has 0 atom stereocenters. The van der Waals surface area contributed by atoms with Crippen LogP contribution in [0, 0.1) is 22.9 Å². The van der Waals surface area contributed by atoms with Gasteiger partial charge in [-0.2, -0.15) is 0 Å². The van der Waals surface area contributed by atoms with Crippen LogP contribution in [0.2, 0.25) is 0 Å². The molecule has 0 fully saturated rings. The minimum Gasteiger partial charge on any atom is -0.457 e. The molecule has 0 heterocycles. The normalized spacial score (nSPS) is 10.3. The van der Waals surface area contributed by atoms with Crippen LogP contribution in [0.25, 0.3) is 0 Å². The molecule has 0 bridgehead atoms. The quantitative estimate of drug-likeness (QED) is 0.462. The van der Waals surface area contributed by atoms with Crippen LogP contribution in [-0.2, 0) is 11.3 Å². The number of ether oxygens (including phenoxy) is 1. The molecule has 0 radical (unpaired) electrons. The molecule has 5 nitrogen and oxygen atoms in total. The number of nitro groups is 1. The van der Waals surface area contributed by atoms with Gasteiger partial charge in [-0.05, 0) is 31.2 Å². The lowest BCUT2D eigenvalue weighted by Gasteiger charge is -2.07. The summed E-state index contributed by atoms with van der Waals surface area (Å²) in [6.45, 7) is 1.32. The Morgan fingerprint density at radius 1 is 1.32 bits per heavy atom. The van der Waals surface area contributed by atoms with Crippen molar-refractivity contribution in [2.75, 3.05) is 0 Å². The summed E-state index contributed by atoms with van der Waals surface area (Å²) in [5.41, 5.74) is 0.709. The average molecular weight is 368 g/mol. The predicted molar refractivity (Wildman–Crippen MR) is 81.1 cm³/mol. The Bertz CT molecular complexity index is 748. The molecule has 0 N–H and O–H groups in total. The van der Waals surface area contributed by atoms with Crippen LogP contribution in [-0.4, -0.2) is 10.9 Å². The molecule has 7 heteroatoms. The van der Waals surface area contributed by atoms with Crippen LogP contribution in [0.5, 0.6) is 0 Å². The van der Waals surface area contributed by atoms with Crippen LogP contribution in [0.15, 0.2) is 40.9 Å². The molecule has 0 saturated carbocycles. The van der Waals surface area contributed by atoms with E-state index in [4.69, 9.17) is 4.74 Å². The lowest BCUT2D eigenvalue weighted by molar-refractivity contribution is -0.385. The number of rotatable bonds is 4. The van der Waals surface area contributed by atoms with Crippen molar-refractivity contribution in [3.63, 3.8) is 0 Å². The Hall–Kier alpha value is -2.28. The SMILES string of the molecule is Cc1cc(C(=O)OCc2ccc(Br)cc2F)ccc1[N+](=O)[O-]. The second-order valence-electron chi connectivity index (χ2n) is 4.57. The number of halogens is 2. The zero-order valence-electron chi connectivity index (χ0n) is 11.5. The first kappa shape index (κ1) is 16.1. The van der Waals surface area contributed by atoms with Gasteiger partial charge >= 0.3 is 5.97 Å². The summed E-state index contributed by atoms with van der Waals surface area (Å²) in [5.74, 6) is -1.15. The number of aryl methyl sites for hydroxylation is 1. The molecule has 2 aromatic rings. The average Bonchev–Trinajstić information content (AvgIpc) is 2.45. The molecule has 0 spiro atoms. The molecule has 114 valence electrons. The number of benzene rings is 2.